The Bertz CT molecular complexity index is 424. The van der Waals surface area contributed by atoms with E-state index in [2.05, 4.69) is 19.6 Å². The van der Waals surface area contributed by atoms with E-state index in [4.69, 9.17) is 9.16 Å². The van der Waals surface area contributed by atoms with Crippen molar-refractivity contribution in [2.75, 3.05) is 13.1 Å². The highest BCUT2D eigenvalue weighted by molar-refractivity contribution is 6.69. The van der Waals surface area contributed by atoms with Gasteiger partial charge in [-0.1, -0.05) is 30.3 Å². The van der Waals surface area contributed by atoms with Crippen molar-refractivity contribution in [1.82, 2.24) is 4.90 Å². The first-order chi connectivity index (χ1) is 8.94. The molecule has 1 aliphatic rings. The van der Waals surface area contributed by atoms with E-state index >= 15 is 0 Å². The van der Waals surface area contributed by atoms with Crippen LogP contribution in [-0.2, 0) is 15.8 Å². The Hall–Kier alpha value is -1.33. The number of hydrogen-bond acceptors (Lipinski definition) is 3. The van der Waals surface area contributed by atoms with E-state index in [1.54, 1.807) is 4.90 Å². The summed E-state index contributed by atoms with van der Waals surface area (Å²) in [4.78, 5) is 13.5. The molecule has 0 unspecified atom stereocenters. The summed E-state index contributed by atoms with van der Waals surface area (Å²) < 4.78 is 11.2. The van der Waals surface area contributed by atoms with E-state index in [0.717, 1.165) is 5.56 Å². The fourth-order valence-corrected chi connectivity index (χ4v) is 3.12. The Morgan fingerprint density at radius 1 is 1.26 bits per heavy atom. The molecule has 0 atom stereocenters. The SMILES string of the molecule is C[Si](C)(C)OC1CN(C(=O)OCc2ccccc2)C1. The van der Waals surface area contributed by atoms with Crippen molar-refractivity contribution in [3.63, 3.8) is 0 Å². The molecular formula is C14H21NO3Si. The number of nitrogens with zero attached hydrogens (tertiary/aromatic N) is 1. The van der Waals surface area contributed by atoms with Gasteiger partial charge in [-0.3, -0.25) is 0 Å². The molecule has 1 amide bonds. The minimum Gasteiger partial charge on any atom is -0.445 e. The van der Waals surface area contributed by atoms with E-state index in [1.165, 1.54) is 0 Å². The monoisotopic (exact) mass is 279 g/mol. The van der Waals surface area contributed by atoms with Crippen molar-refractivity contribution in [2.24, 2.45) is 0 Å². The third-order valence-electron chi connectivity index (χ3n) is 2.83. The lowest BCUT2D eigenvalue weighted by Crippen LogP contribution is -2.57. The molecule has 2 rings (SSSR count). The van der Waals surface area contributed by atoms with Crippen LogP contribution in [0.4, 0.5) is 4.79 Å². The number of benzene rings is 1. The summed E-state index contributed by atoms with van der Waals surface area (Å²) in [6.07, 6.45) is -0.0600. The van der Waals surface area contributed by atoms with E-state index in [-0.39, 0.29) is 12.2 Å². The molecule has 4 nitrogen and oxygen atoms in total. The van der Waals surface area contributed by atoms with Gasteiger partial charge < -0.3 is 14.1 Å². The van der Waals surface area contributed by atoms with Crippen LogP contribution in [0.3, 0.4) is 0 Å². The molecule has 1 aromatic rings. The number of likely N-dealkylation sites (tertiary alicyclic amines) is 1. The molecule has 5 heteroatoms. The van der Waals surface area contributed by atoms with Crippen LogP contribution in [0.2, 0.25) is 19.6 Å². The highest BCUT2D eigenvalue weighted by Crippen LogP contribution is 2.18. The molecular weight excluding hydrogens is 258 g/mol. The largest absolute Gasteiger partial charge is 0.445 e. The quantitative estimate of drug-likeness (QED) is 0.796. The van der Waals surface area contributed by atoms with Crippen LogP contribution in [0.5, 0.6) is 0 Å². The first kappa shape index (κ1) is 14.1. The van der Waals surface area contributed by atoms with Gasteiger partial charge >= 0.3 is 6.09 Å². The summed E-state index contributed by atoms with van der Waals surface area (Å²) in [5.41, 5.74) is 1.01. The second kappa shape index (κ2) is 5.75. The summed E-state index contributed by atoms with van der Waals surface area (Å²) >= 11 is 0. The Morgan fingerprint density at radius 3 is 2.47 bits per heavy atom. The number of ether oxygens (including phenoxy) is 1. The molecule has 0 aromatic heterocycles. The van der Waals surface area contributed by atoms with E-state index in [0.29, 0.717) is 19.7 Å². The summed E-state index contributed by atoms with van der Waals surface area (Å²) in [6, 6.07) is 9.70. The molecule has 1 aliphatic heterocycles. The second-order valence-corrected chi connectivity index (χ2v) is 10.3. The zero-order chi connectivity index (χ0) is 13.9. The van der Waals surface area contributed by atoms with Crippen LogP contribution in [-0.4, -0.2) is 38.5 Å². The van der Waals surface area contributed by atoms with Gasteiger partial charge in [0.25, 0.3) is 0 Å². The van der Waals surface area contributed by atoms with Gasteiger partial charge in [0.1, 0.15) is 6.61 Å². The third-order valence-corrected chi connectivity index (χ3v) is 3.87. The highest BCUT2D eigenvalue weighted by atomic mass is 28.4. The van der Waals surface area contributed by atoms with Gasteiger partial charge in [-0.2, -0.15) is 0 Å². The Labute approximate surface area is 115 Å². The maximum absolute atomic E-state index is 11.8. The average molecular weight is 279 g/mol. The summed E-state index contributed by atoms with van der Waals surface area (Å²) in [6.45, 7) is 8.10. The molecule has 1 aromatic carbocycles. The molecule has 1 fully saturated rings. The lowest BCUT2D eigenvalue weighted by atomic mass is 10.2. The van der Waals surface area contributed by atoms with Gasteiger partial charge in [0, 0.05) is 0 Å². The molecule has 104 valence electrons. The van der Waals surface area contributed by atoms with Gasteiger partial charge in [-0.15, -0.1) is 0 Å². The van der Waals surface area contributed by atoms with Crippen LogP contribution in [0, 0.1) is 0 Å². The van der Waals surface area contributed by atoms with Crippen molar-refractivity contribution >= 4 is 14.4 Å². The predicted octanol–water partition coefficient (Wildman–Crippen LogP) is 2.86. The Kier molecular flexibility index (Phi) is 4.26. The fourth-order valence-electron chi connectivity index (χ4n) is 1.97. The number of amides is 1. The molecule has 19 heavy (non-hydrogen) atoms. The predicted molar refractivity (Wildman–Crippen MR) is 76.4 cm³/mol. The topological polar surface area (TPSA) is 38.8 Å². The lowest BCUT2D eigenvalue weighted by Gasteiger charge is -2.41. The van der Waals surface area contributed by atoms with Gasteiger partial charge in [0.15, 0.2) is 8.32 Å². The molecule has 1 heterocycles. The van der Waals surface area contributed by atoms with Crippen LogP contribution in [0.15, 0.2) is 30.3 Å². The number of hydrogen-bond donors (Lipinski definition) is 0. The molecule has 1 saturated heterocycles. The molecule has 0 spiro atoms. The first-order valence-electron chi connectivity index (χ1n) is 6.57. The van der Waals surface area contributed by atoms with Crippen molar-refractivity contribution in [3.05, 3.63) is 35.9 Å². The minimum atomic E-state index is -1.50. The van der Waals surface area contributed by atoms with Gasteiger partial charge in [0.05, 0.1) is 19.2 Å². The Balaban J connectivity index is 1.69. The Morgan fingerprint density at radius 2 is 1.89 bits per heavy atom. The minimum absolute atomic E-state index is 0.191. The van der Waals surface area contributed by atoms with Crippen molar-refractivity contribution in [1.29, 1.82) is 0 Å². The third kappa shape index (κ3) is 4.36. The molecule has 0 radical (unpaired) electrons. The van der Waals surface area contributed by atoms with Crippen molar-refractivity contribution < 1.29 is 14.0 Å². The smallest absolute Gasteiger partial charge is 0.410 e. The fraction of sp³-hybridized carbons (Fsp3) is 0.500. The van der Waals surface area contributed by atoms with Crippen molar-refractivity contribution in [2.45, 2.75) is 32.4 Å². The van der Waals surface area contributed by atoms with Crippen LogP contribution in [0.25, 0.3) is 0 Å². The highest BCUT2D eigenvalue weighted by Gasteiger charge is 2.35. The number of carbonyl (C=O) groups excluding carboxylic acids is 1. The normalized spacial score (nSPS) is 16.1. The maximum Gasteiger partial charge on any atom is 0.410 e. The standard InChI is InChI=1S/C14H21NO3Si/c1-19(2,3)18-13-9-15(10-13)14(16)17-11-12-7-5-4-6-8-12/h4-8,13H,9-11H2,1-3H3. The van der Waals surface area contributed by atoms with Gasteiger partial charge in [-0.05, 0) is 25.2 Å². The van der Waals surface area contributed by atoms with E-state index in [1.807, 2.05) is 30.3 Å². The molecule has 0 bridgehead atoms. The van der Waals surface area contributed by atoms with E-state index < -0.39 is 8.32 Å². The van der Waals surface area contributed by atoms with Crippen LogP contribution < -0.4 is 0 Å². The lowest BCUT2D eigenvalue weighted by molar-refractivity contribution is 0.00506. The zero-order valence-corrected chi connectivity index (χ0v) is 12.8. The summed E-state index contributed by atoms with van der Waals surface area (Å²) in [5.74, 6) is 0. The van der Waals surface area contributed by atoms with Crippen molar-refractivity contribution in [3.8, 4) is 0 Å². The summed E-state index contributed by atoms with van der Waals surface area (Å²) in [5, 5.41) is 0. The molecule has 0 saturated carbocycles. The molecule has 0 aliphatic carbocycles. The van der Waals surface area contributed by atoms with Crippen LogP contribution in [0.1, 0.15) is 5.56 Å². The molecule has 0 N–H and O–H groups in total. The number of rotatable bonds is 4. The van der Waals surface area contributed by atoms with Crippen LogP contribution >= 0.6 is 0 Å². The van der Waals surface area contributed by atoms with Gasteiger partial charge in [0.2, 0.25) is 0 Å². The van der Waals surface area contributed by atoms with Gasteiger partial charge in [-0.25, -0.2) is 4.79 Å². The second-order valence-electron chi connectivity index (χ2n) is 5.80. The summed E-state index contributed by atoms with van der Waals surface area (Å²) in [7, 11) is -1.50. The maximum atomic E-state index is 11.8. The number of carbonyl (C=O) groups is 1. The average Bonchev–Trinajstić information content (AvgIpc) is 2.30. The zero-order valence-electron chi connectivity index (χ0n) is 11.8. The van der Waals surface area contributed by atoms with E-state index in [9.17, 15) is 4.79 Å². The first-order valence-corrected chi connectivity index (χ1v) is 9.98.